The van der Waals surface area contributed by atoms with Crippen LogP contribution in [-0.4, -0.2) is 16.5 Å². The van der Waals surface area contributed by atoms with Crippen molar-refractivity contribution in [3.63, 3.8) is 0 Å². The van der Waals surface area contributed by atoms with Gasteiger partial charge < -0.3 is 5.32 Å². The molecule has 2 aromatic rings. The molecule has 1 aliphatic rings. The number of hydrogen-bond acceptors (Lipinski definition) is 4. The molecule has 0 aromatic carbocycles. The minimum atomic E-state index is 0.433. The topological polar surface area (TPSA) is 37.8 Å². The van der Waals surface area contributed by atoms with Crippen LogP contribution in [0.2, 0.25) is 0 Å². The van der Waals surface area contributed by atoms with Gasteiger partial charge >= 0.3 is 0 Å². The van der Waals surface area contributed by atoms with Gasteiger partial charge in [-0.15, -0.1) is 11.3 Å². The van der Waals surface area contributed by atoms with Gasteiger partial charge in [0.15, 0.2) is 5.82 Å². The fourth-order valence-corrected chi connectivity index (χ4v) is 3.99. The molecule has 0 bridgehead atoms. The maximum absolute atomic E-state index is 4.79. The van der Waals surface area contributed by atoms with E-state index in [1.54, 1.807) is 11.3 Å². The number of aromatic nitrogens is 2. The average Bonchev–Trinajstić information content (AvgIpc) is 2.91. The lowest BCUT2D eigenvalue weighted by Crippen LogP contribution is -2.26. The van der Waals surface area contributed by atoms with E-state index in [1.807, 2.05) is 6.20 Å². The van der Waals surface area contributed by atoms with Crippen molar-refractivity contribution in [2.24, 2.45) is 0 Å². The predicted molar refractivity (Wildman–Crippen MR) is 87.0 cm³/mol. The number of fused-ring (bicyclic) bond motifs is 1. The van der Waals surface area contributed by atoms with E-state index in [4.69, 9.17) is 4.98 Å². The van der Waals surface area contributed by atoms with Crippen molar-refractivity contribution in [1.29, 1.82) is 0 Å². The van der Waals surface area contributed by atoms with E-state index in [9.17, 15) is 0 Å². The Bertz CT molecular complexity index is 597. The van der Waals surface area contributed by atoms with Crippen molar-refractivity contribution in [3.05, 3.63) is 33.4 Å². The average molecular weight is 352 g/mol. The molecule has 3 nitrogen and oxygen atoms in total. The van der Waals surface area contributed by atoms with Gasteiger partial charge in [-0.3, -0.25) is 0 Å². The first kappa shape index (κ1) is 14.2. The predicted octanol–water partition coefficient (Wildman–Crippen LogP) is 4.34. The van der Waals surface area contributed by atoms with Crippen LogP contribution >= 0.6 is 27.3 Å². The number of halogens is 1. The third kappa shape index (κ3) is 2.95. The highest BCUT2D eigenvalue weighted by Gasteiger charge is 2.22. The molecule has 5 heteroatoms. The molecular formula is C15H18BrN3S. The molecule has 106 valence electrons. The third-order valence-electron chi connectivity index (χ3n) is 3.61. The minimum absolute atomic E-state index is 0.433. The van der Waals surface area contributed by atoms with Crippen molar-refractivity contribution in [2.45, 2.75) is 38.6 Å². The van der Waals surface area contributed by atoms with Crippen LogP contribution in [0.5, 0.6) is 0 Å². The van der Waals surface area contributed by atoms with Crippen molar-refractivity contribution in [2.75, 3.05) is 6.54 Å². The number of aryl methyl sites for hydroxylation is 1. The Balaban J connectivity index is 1.88. The van der Waals surface area contributed by atoms with E-state index in [1.165, 1.54) is 24.1 Å². The molecule has 0 spiro atoms. The van der Waals surface area contributed by atoms with Gasteiger partial charge in [-0.1, -0.05) is 6.92 Å². The van der Waals surface area contributed by atoms with E-state index >= 15 is 0 Å². The first-order chi connectivity index (χ1) is 9.78. The van der Waals surface area contributed by atoms with Crippen LogP contribution in [0.1, 0.15) is 43.5 Å². The monoisotopic (exact) mass is 351 g/mol. The lowest BCUT2D eigenvalue weighted by atomic mass is 9.92. The Hall–Kier alpha value is -0.780. The molecule has 0 saturated heterocycles. The highest BCUT2D eigenvalue weighted by Crippen LogP contribution is 2.32. The summed E-state index contributed by atoms with van der Waals surface area (Å²) in [6, 6.07) is 2.52. The lowest BCUT2D eigenvalue weighted by Gasteiger charge is -2.25. The Kier molecular flexibility index (Phi) is 4.48. The highest BCUT2D eigenvalue weighted by atomic mass is 79.9. The van der Waals surface area contributed by atoms with Crippen LogP contribution in [0.15, 0.2) is 22.1 Å². The van der Waals surface area contributed by atoms with Gasteiger partial charge in [0.05, 0.1) is 4.88 Å². The van der Waals surface area contributed by atoms with Crippen molar-refractivity contribution < 1.29 is 0 Å². The second-order valence-electron chi connectivity index (χ2n) is 5.12. The third-order valence-corrected chi connectivity index (χ3v) is 5.30. The van der Waals surface area contributed by atoms with Crippen LogP contribution < -0.4 is 5.32 Å². The SMILES string of the molecule is CCCNC1CCCc2nc(-c3cc(Br)cs3)ncc21. The van der Waals surface area contributed by atoms with Gasteiger partial charge in [0, 0.05) is 33.3 Å². The molecule has 1 unspecified atom stereocenters. The fraction of sp³-hybridized carbons (Fsp3) is 0.467. The molecule has 0 fully saturated rings. The zero-order valence-electron chi connectivity index (χ0n) is 11.5. The molecule has 1 atom stereocenters. The largest absolute Gasteiger partial charge is 0.310 e. The van der Waals surface area contributed by atoms with Crippen molar-refractivity contribution in [3.8, 4) is 10.7 Å². The molecule has 0 aliphatic heterocycles. The number of nitrogens with zero attached hydrogens (tertiary/aromatic N) is 2. The number of rotatable bonds is 4. The van der Waals surface area contributed by atoms with Crippen LogP contribution in [-0.2, 0) is 6.42 Å². The van der Waals surface area contributed by atoms with Crippen molar-refractivity contribution >= 4 is 27.3 Å². The maximum Gasteiger partial charge on any atom is 0.169 e. The normalized spacial score (nSPS) is 18.0. The second kappa shape index (κ2) is 6.33. The lowest BCUT2D eigenvalue weighted by molar-refractivity contribution is 0.454. The Morgan fingerprint density at radius 1 is 1.50 bits per heavy atom. The van der Waals surface area contributed by atoms with E-state index in [0.29, 0.717) is 6.04 Å². The minimum Gasteiger partial charge on any atom is -0.310 e. The Labute approximate surface area is 132 Å². The number of nitrogens with one attached hydrogen (secondary N) is 1. The zero-order valence-corrected chi connectivity index (χ0v) is 13.9. The molecule has 0 amide bonds. The second-order valence-corrected chi connectivity index (χ2v) is 6.95. The summed E-state index contributed by atoms with van der Waals surface area (Å²) in [4.78, 5) is 10.5. The molecule has 20 heavy (non-hydrogen) atoms. The van der Waals surface area contributed by atoms with Gasteiger partial charge in [0.1, 0.15) is 0 Å². The van der Waals surface area contributed by atoms with Crippen LogP contribution in [0.25, 0.3) is 10.7 Å². The van der Waals surface area contributed by atoms with E-state index in [-0.39, 0.29) is 0 Å². The Morgan fingerprint density at radius 2 is 2.40 bits per heavy atom. The first-order valence-electron chi connectivity index (χ1n) is 7.11. The van der Waals surface area contributed by atoms with Gasteiger partial charge in [-0.05, 0) is 54.2 Å². The van der Waals surface area contributed by atoms with Crippen molar-refractivity contribution in [1.82, 2.24) is 15.3 Å². The summed E-state index contributed by atoms with van der Waals surface area (Å²) in [6.45, 7) is 3.26. The first-order valence-corrected chi connectivity index (χ1v) is 8.78. The number of hydrogen-bond donors (Lipinski definition) is 1. The summed E-state index contributed by atoms with van der Waals surface area (Å²) in [6.07, 6.45) is 6.66. The van der Waals surface area contributed by atoms with E-state index in [0.717, 1.165) is 34.6 Å². The molecule has 2 aromatic heterocycles. The molecule has 1 N–H and O–H groups in total. The van der Waals surface area contributed by atoms with Gasteiger partial charge in [0.2, 0.25) is 0 Å². The van der Waals surface area contributed by atoms with Crippen LogP contribution in [0.4, 0.5) is 0 Å². The van der Waals surface area contributed by atoms with Gasteiger partial charge in [-0.2, -0.15) is 0 Å². The zero-order chi connectivity index (χ0) is 13.9. The molecule has 2 heterocycles. The van der Waals surface area contributed by atoms with Gasteiger partial charge in [0.25, 0.3) is 0 Å². The number of thiophene rings is 1. The summed E-state index contributed by atoms with van der Waals surface area (Å²) in [5.41, 5.74) is 2.52. The molecule has 1 aliphatic carbocycles. The van der Waals surface area contributed by atoms with E-state index < -0.39 is 0 Å². The molecule has 0 saturated carbocycles. The highest BCUT2D eigenvalue weighted by molar-refractivity contribution is 9.10. The fourth-order valence-electron chi connectivity index (χ4n) is 2.63. The molecule has 0 radical (unpaired) electrons. The summed E-state index contributed by atoms with van der Waals surface area (Å²) in [5, 5.41) is 5.68. The van der Waals surface area contributed by atoms with Crippen LogP contribution in [0, 0.1) is 0 Å². The molecule has 3 rings (SSSR count). The standard InChI is InChI=1S/C15H18BrN3S/c1-2-6-17-12-4-3-5-13-11(12)8-18-15(19-13)14-7-10(16)9-20-14/h7-9,12,17H,2-6H2,1H3. The summed E-state index contributed by atoms with van der Waals surface area (Å²) < 4.78 is 1.10. The van der Waals surface area contributed by atoms with E-state index in [2.05, 4.69) is 44.6 Å². The van der Waals surface area contributed by atoms with Gasteiger partial charge in [-0.25, -0.2) is 9.97 Å². The maximum atomic E-state index is 4.79. The Morgan fingerprint density at radius 3 is 3.15 bits per heavy atom. The summed E-state index contributed by atoms with van der Waals surface area (Å²) in [7, 11) is 0. The smallest absolute Gasteiger partial charge is 0.169 e. The van der Waals surface area contributed by atoms with Crippen LogP contribution in [0.3, 0.4) is 0 Å². The quantitative estimate of drug-likeness (QED) is 0.889. The summed E-state index contributed by atoms with van der Waals surface area (Å²) >= 11 is 5.17. The molecular weight excluding hydrogens is 334 g/mol. The summed E-state index contributed by atoms with van der Waals surface area (Å²) in [5.74, 6) is 0.857.